The van der Waals surface area contributed by atoms with Crippen molar-refractivity contribution in [2.75, 3.05) is 45.8 Å². The van der Waals surface area contributed by atoms with E-state index in [1.165, 1.54) is 4.31 Å². The molecule has 1 aromatic rings. The van der Waals surface area contributed by atoms with E-state index >= 15 is 0 Å². The van der Waals surface area contributed by atoms with Crippen LogP contribution in [0.1, 0.15) is 25.8 Å². The lowest BCUT2D eigenvalue weighted by molar-refractivity contribution is -0.132. The average Bonchev–Trinajstić information content (AvgIpc) is 3.28. The molecule has 2 aliphatic rings. The summed E-state index contributed by atoms with van der Waals surface area (Å²) < 4.78 is 52.8. The van der Waals surface area contributed by atoms with Crippen LogP contribution in [0.3, 0.4) is 0 Å². The SMILES string of the molecule is C=CS(=O)(=O)NCC1CCN(S(=O)(=O)c2ccc(CC(=O)N3CCN(C(C)C)CC3)cc2)C1. The predicted molar refractivity (Wildman–Crippen MR) is 127 cm³/mol. The van der Waals surface area contributed by atoms with E-state index in [2.05, 4.69) is 30.0 Å². The van der Waals surface area contributed by atoms with Gasteiger partial charge in [-0.1, -0.05) is 18.7 Å². The van der Waals surface area contributed by atoms with E-state index in [1.54, 1.807) is 24.3 Å². The number of carbonyl (C=O) groups is 1. The molecule has 2 fully saturated rings. The Bertz CT molecular complexity index is 1050. The lowest BCUT2D eigenvalue weighted by atomic mass is 10.1. The molecule has 0 spiro atoms. The lowest BCUT2D eigenvalue weighted by Gasteiger charge is -2.37. The largest absolute Gasteiger partial charge is 0.340 e. The van der Waals surface area contributed by atoms with Crippen LogP contribution in [-0.2, 0) is 31.3 Å². The monoisotopic (exact) mass is 498 g/mol. The van der Waals surface area contributed by atoms with Crippen LogP contribution in [0.25, 0.3) is 0 Å². The minimum Gasteiger partial charge on any atom is -0.340 e. The van der Waals surface area contributed by atoms with E-state index in [1.807, 2.05) is 4.90 Å². The normalized spacial score (nSPS) is 20.9. The summed E-state index contributed by atoms with van der Waals surface area (Å²) >= 11 is 0. The molecule has 9 nitrogen and oxygen atoms in total. The van der Waals surface area contributed by atoms with Crippen molar-refractivity contribution in [2.45, 2.75) is 37.6 Å². The highest BCUT2D eigenvalue weighted by Gasteiger charge is 2.33. The first kappa shape index (κ1) is 25.8. The minimum atomic E-state index is -3.68. The number of carbonyl (C=O) groups excluding carboxylic acids is 1. The van der Waals surface area contributed by atoms with Crippen molar-refractivity contribution in [1.82, 2.24) is 18.8 Å². The number of nitrogens with one attached hydrogen (secondary N) is 1. The third kappa shape index (κ3) is 6.63. The molecule has 3 rings (SSSR count). The second kappa shape index (κ2) is 10.6. The molecule has 2 aliphatic heterocycles. The Morgan fingerprint density at radius 2 is 1.73 bits per heavy atom. The molecule has 0 radical (unpaired) electrons. The molecule has 0 aromatic heterocycles. The molecular formula is C22H34N4O5S2. The van der Waals surface area contributed by atoms with Crippen LogP contribution < -0.4 is 4.72 Å². The van der Waals surface area contributed by atoms with E-state index in [-0.39, 0.29) is 36.2 Å². The van der Waals surface area contributed by atoms with Gasteiger partial charge in [-0.15, -0.1) is 0 Å². The van der Waals surface area contributed by atoms with Gasteiger partial charge in [0, 0.05) is 57.3 Å². The van der Waals surface area contributed by atoms with Crippen molar-refractivity contribution in [3.63, 3.8) is 0 Å². The fourth-order valence-corrected chi connectivity index (χ4v) is 6.29. The van der Waals surface area contributed by atoms with Gasteiger partial charge in [0.05, 0.1) is 11.3 Å². The van der Waals surface area contributed by atoms with Gasteiger partial charge in [0.25, 0.3) is 0 Å². The predicted octanol–water partition coefficient (Wildman–Crippen LogP) is 0.855. The fourth-order valence-electron chi connectivity index (χ4n) is 4.18. The lowest BCUT2D eigenvalue weighted by Crippen LogP contribution is -2.51. The zero-order chi connectivity index (χ0) is 24.2. The summed E-state index contributed by atoms with van der Waals surface area (Å²) in [6.07, 6.45) is 0.826. The van der Waals surface area contributed by atoms with Gasteiger partial charge in [-0.2, -0.15) is 4.31 Å². The van der Waals surface area contributed by atoms with Gasteiger partial charge in [-0.25, -0.2) is 21.6 Å². The Morgan fingerprint density at radius 1 is 1.09 bits per heavy atom. The molecule has 11 heteroatoms. The van der Waals surface area contributed by atoms with Crippen LogP contribution in [-0.4, -0.2) is 88.7 Å². The maximum absolute atomic E-state index is 13.0. The zero-order valence-corrected chi connectivity index (χ0v) is 20.9. The summed E-state index contributed by atoms with van der Waals surface area (Å²) in [7, 11) is -7.21. The Kier molecular flexibility index (Phi) is 8.33. The maximum Gasteiger partial charge on any atom is 0.243 e. The standard InChI is InChI=1S/C22H34N4O5S2/c1-4-32(28,29)23-16-20-9-10-26(17-20)33(30,31)21-7-5-19(6-8-21)15-22(27)25-13-11-24(12-14-25)18(2)3/h4-8,18,20,23H,1,9-17H2,2-3H3. The molecule has 184 valence electrons. The van der Waals surface area contributed by atoms with Gasteiger partial charge in [-0.05, 0) is 43.9 Å². The maximum atomic E-state index is 13.0. The van der Waals surface area contributed by atoms with Crippen LogP contribution in [0, 0.1) is 5.92 Å². The van der Waals surface area contributed by atoms with E-state index in [0.717, 1.165) is 24.1 Å². The fraction of sp³-hybridized carbons (Fsp3) is 0.591. The topological polar surface area (TPSA) is 107 Å². The van der Waals surface area contributed by atoms with Gasteiger partial charge < -0.3 is 4.90 Å². The number of amides is 1. The van der Waals surface area contributed by atoms with Crippen molar-refractivity contribution in [3.05, 3.63) is 41.8 Å². The Labute approximate surface area is 197 Å². The molecule has 1 unspecified atom stereocenters. The van der Waals surface area contributed by atoms with Crippen molar-refractivity contribution in [3.8, 4) is 0 Å². The number of rotatable bonds is 9. The summed E-state index contributed by atoms with van der Waals surface area (Å²) in [5.41, 5.74) is 0.781. The van der Waals surface area contributed by atoms with Crippen molar-refractivity contribution < 1.29 is 21.6 Å². The molecule has 1 N–H and O–H groups in total. The third-order valence-electron chi connectivity index (χ3n) is 6.35. The smallest absolute Gasteiger partial charge is 0.243 e. The number of nitrogens with zero attached hydrogens (tertiary/aromatic N) is 3. The molecule has 0 bridgehead atoms. The van der Waals surface area contributed by atoms with Crippen LogP contribution in [0.4, 0.5) is 0 Å². The molecule has 33 heavy (non-hydrogen) atoms. The second-order valence-corrected chi connectivity index (χ2v) is 12.6. The highest BCUT2D eigenvalue weighted by molar-refractivity contribution is 7.92. The first-order valence-corrected chi connectivity index (χ1v) is 14.2. The van der Waals surface area contributed by atoms with E-state index in [4.69, 9.17) is 0 Å². The van der Waals surface area contributed by atoms with Crippen molar-refractivity contribution >= 4 is 26.0 Å². The Hall–Kier alpha value is -1.79. The third-order valence-corrected chi connectivity index (χ3v) is 9.24. The van der Waals surface area contributed by atoms with E-state index in [0.29, 0.717) is 32.1 Å². The Morgan fingerprint density at radius 3 is 2.30 bits per heavy atom. The number of hydrogen-bond acceptors (Lipinski definition) is 6. The molecule has 0 aliphatic carbocycles. The molecule has 1 aromatic carbocycles. The number of piperazine rings is 1. The summed E-state index contributed by atoms with van der Waals surface area (Å²) in [5.74, 6) is -0.0408. The molecule has 1 amide bonds. The summed E-state index contributed by atoms with van der Waals surface area (Å²) in [5, 5.41) is 0.842. The Balaban J connectivity index is 1.55. The highest BCUT2D eigenvalue weighted by Crippen LogP contribution is 2.24. The van der Waals surface area contributed by atoms with Crippen molar-refractivity contribution in [1.29, 1.82) is 0 Å². The summed E-state index contributed by atoms with van der Waals surface area (Å²) in [4.78, 5) is 17.0. The van der Waals surface area contributed by atoms with Crippen LogP contribution in [0.2, 0.25) is 0 Å². The van der Waals surface area contributed by atoms with Gasteiger partial charge in [0.1, 0.15) is 0 Å². The van der Waals surface area contributed by atoms with Crippen LogP contribution in [0.15, 0.2) is 41.1 Å². The number of sulfonamides is 2. The highest BCUT2D eigenvalue weighted by atomic mass is 32.2. The quantitative estimate of drug-likeness (QED) is 0.541. The zero-order valence-electron chi connectivity index (χ0n) is 19.3. The number of benzene rings is 1. The van der Waals surface area contributed by atoms with Crippen molar-refractivity contribution in [2.24, 2.45) is 5.92 Å². The first-order chi connectivity index (χ1) is 15.5. The van der Waals surface area contributed by atoms with Gasteiger partial charge in [-0.3, -0.25) is 9.69 Å². The van der Waals surface area contributed by atoms with E-state index in [9.17, 15) is 21.6 Å². The van der Waals surface area contributed by atoms with Gasteiger partial charge in [0.2, 0.25) is 26.0 Å². The summed E-state index contributed by atoms with van der Waals surface area (Å²) in [6.45, 7) is 11.5. The molecular weight excluding hydrogens is 464 g/mol. The molecule has 0 saturated carbocycles. The summed E-state index contributed by atoms with van der Waals surface area (Å²) in [6, 6.07) is 6.95. The van der Waals surface area contributed by atoms with Crippen LogP contribution in [0.5, 0.6) is 0 Å². The number of hydrogen-bond donors (Lipinski definition) is 1. The van der Waals surface area contributed by atoms with Crippen LogP contribution >= 0.6 is 0 Å². The van der Waals surface area contributed by atoms with E-state index < -0.39 is 20.0 Å². The molecule has 2 saturated heterocycles. The first-order valence-electron chi connectivity index (χ1n) is 11.2. The van der Waals surface area contributed by atoms with Gasteiger partial charge in [0.15, 0.2) is 0 Å². The minimum absolute atomic E-state index is 0.0541. The van der Waals surface area contributed by atoms with Gasteiger partial charge >= 0.3 is 0 Å². The molecule has 1 atom stereocenters. The molecule has 2 heterocycles. The average molecular weight is 499 g/mol. The second-order valence-electron chi connectivity index (χ2n) is 8.91.